The Kier molecular flexibility index (Phi) is 9.32. The third-order valence-electron chi connectivity index (χ3n) is 14.1. The molecule has 0 spiro atoms. The van der Waals surface area contributed by atoms with Gasteiger partial charge in [0, 0.05) is 34.6 Å². The largest absolute Gasteiger partial charge is 0.453 e. The molecule has 4 amide bonds. The zero-order chi connectivity index (χ0) is 41.7. The number of carbonyl (C=O) groups excluding carboxylic acids is 4. The molecule has 4 aliphatic carbocycles. The number of piperidine rings is 2. The summed E-state index contributed by atoms with van der Waals surface area (Å²) in [5.41, 5.74) is 11.2. The second kappa shape index (κ2) is 14.5. The monoisotopic (exact) mass is 814 g/mol. The van der Waals surface area contributed by atoms with Crippen LogP contribution >= 0.6 is 0 Å². The number of alkyl carbamates (subject to hydrolysis) is 2. The normalized spacial score (nSPS) is 25.0. The molecule has 10 rings (SSSR count). The molecule has 0 unspecified atom stereocenters. The number of imidazole rings is 2. The van der Waals surface area contributed by atoms with E-state index in [1.165, 1.54) is 25.3 Å². The quantitative estimate of drug-likeness (QED) is 0.150. The molecule has 0 radical (unpaired) electrons. The van der Waals surface area contributed by atoms with E-state index in [2.05, 4.69) is 57.0 Å². The molecular weight excluding hydrogens is 761 g/mol. The number of nitrogens with zero attached hydrogens (tertiary/aromatic N) is 4. The number of rotatable bonds is 9. The number of hydrogen-bond acceptors (Lipinski definition) is 8. The van der Waals surface area contributed by atoms with Gasteiger partial charge in [0.15, 0.2) is 0 Å². The smallest absolute Gasteiger partial charge is 0.407 e. The fourth-order valence-electron chi connectivity index (χ4n) is 10.7. The van der Waals surface area contributed by atoms with E-state index >= 15 is 0 Å². The van der Waals surface area contributed by atoms with Crippen LogP contribution in [0.25, 0.3) is 33.6 Å². The highest BCUT2D eigenvalue weighted by Gasteiger charge is 2.57. The lowest BCUT2D eigenvalue weighted by Crippen LogP contribution is -2.52. The zero-order valence-electron chi connectivity index (χ0n) is 35.1. The first-order valence-corrected chi connectivity index (χ1v) is 21.7. The Morgan fingerprint density at radius 3 is 1.43 bits per heavy atom. The Bertz CT molecular complexity index is 2250. The van der Waals surface area contributed by atoms with Gasteiger partial charge in [-0.1, -0.05) is 64.1 Å². The van der Waals surface area contributed by atoms with E-state index in [-0.39, 0.29) is 47.8 Å². The van der Waals surface area contributed by atoms with E-state index in [1.807, 2.05) is 37.5 Å². The van der Waals surface area contributed by atoms with Gasteiger partial charge in [0.05, 0.1) is 37.7 Å². The summed E-state index contributed by atoms with van der Waals surface area (Å²) in [5, 5.41) is 5.55. The SMILES string of the molecule is COC(=O)N[C@H](C(=O)N1[C@@H]2C[C@@H]2C[C@H]1c1nc2c([nH]1)CCc1cc(-c3ccc4c(c3)CCc3[nH]c([C@@H]5C[C@H]6C[C@H]6N5C(=O)[C@@H](NC(=O)OC)C(C)C)nc3-4)ccc1-2)C(C)C. The maximum absolute atomic E-state index is 14.0. The van der Waals surface area contributed by atoms with Gasteiger partial charge in [-0.15, -0.1) is 0 Å². The molecule has 2 saturated carbocycles. The minimum atomic E-state index is -0.669. The minimum Gasteiger partial charge on any atom is -0.453 e. The first-order chi connectivity index (χ1) is 28.9. The second-order valence-corrected chi connectivity index (χ2v) is 18.5. The molecule has 4 fully saturated rings. The third-order valence-corrected chi connectivity index (χ3v) is 14.1. The van der Waals surface area contributed by atoms with Crippen LogP contribution in [0.3, 0.4) is 0 Å². The molecular formula is C46H54N8O6. The predicted octanol–water partition coefficient (Wildman–Crippen LogP) is 6.42. The topological polar surface area (TPSA) is 175 Å². The van der Waals surface area contributed by atoms with Crippen molar-refractivity contribution in [3.63, 3.8) is 0 Å². The van der Waals surface area contributed by atoms with E-state index in [0.717, 1.165) is 108 Å². The summed E-state index contributed by atoms with van der Waals surface area (Å²) in [6, 6.07) is 12.1. The van der Waals surface area contributed by atoms with Gasteiger partial charge in [0.2, 0.25) is 11.8 Å². The second-order valence-electron chi connectivity index (χ2n) is 18.5. The van der Waals surface area contributed by atoms with Crippen molar-refractivity contribution < 1.29 is 28.7 Å². The molecule has 2 aromatic heterocycles. The van der Waals surface area contributed by atoms with Crippen LogP contribution in [0.1, 0.15) is 99.6 Å². The van der Waals surface area contributed by atoms with Crippen LogP contribution in [0.4, 0.5) is 9.59 Å². The van der Waals surface area contributed by atoms with E-state index < -0.39 is 24.3 Å². The Morgan fingerprint density at radius 1 is 0.633 bits per heavy atom. The maximum Gasteiger partial charge on any atom is 0.407 e. The maximum atomic E-state index is 14.0. The van der Waals surface area contributed by atoms with Gasteiger partial charge in [-0.25, -0.2) is 19.6 Å². The van der Waals surface area contributed by atoms with Crippen LogP contribution in [0.2, 0.25) is 0 Å². The Hall–Kier alpha value is -5.66. The van der Waals surface area contributed by atoms with Gasteiger partial charge in [0.25, 0.3) is 0 Å². The molecule has 6 aliphatic rings. The average Bonchev–Trinajstić information content (AvgIpc) is 3.89. The summed E-state index contributed by atoms with van der Waals surface area (Å²) in [4.78, 5) is 73.9. The van der Waals surface area contributed by atoms with Crippen LogP contribution in [-0.4, -0.2) is 92.1 Å². The molecule has 14 heteroatoms. The highest BCUT2D eigenvalue weighted by Crippen LogP contribution is 2.55. The molecule has 4 heterocycles. The zero-order valence-corrected chi connectivity index (χ0v) is 35.1. The fourth-order valence-corrected chi connectivity index (χ4v) is 10.7. The summed E-state index contributed by atoms with van der Waals surface area (Å²) in [6.45, 7) is 7.76. The molecule has 2 saturated heterocycles. The van der Waals surface area contributed by atoms with Crippen LogP contribution in [0.5, 0.6) is 0 Å². The Morgan fingerprint density at radius 2 is 1.05 bits per heavy atom. The van der Waals surface area contributed by atoms with Gasteiger partial charge in [-0.2, -0.15) is 0 Å². The van der Waals surface area contributed by atoms with E-state index in [4.69, 9.17) is 19.4 Å². The van der Waals surface area contributed by atoms with Crippen molar-refractivity contribution in [1.29, 1.82) is 0 Å². The lowest BCUT2D eigenvalue weighted by atomic mass is 9.87. The fraction of sp³-hybridized carbons (Fsp3) is 0.522. The molecule has 314 valence electrons. The average molecular weight is 815 g/mol. The number of amides is 4. The lowest BCUT2D eigenvalue weighted by Gasteiger charge is -2.31. The molecule has 2 aromatic carbocycles. The number of likely N-dealkylation sites (tertiary alicyclic amines) is 2. The van der Waals surface area contributed by atoms with Gasteiger partial charge < -0.3 is 39.9 Å². The van der Waals surface area contributed by atoms with Crippen molar-refractivity contribution >= 4 is 24.0 Å². The summed E-state index contributed by atoms with van der Waals surface area (Å²) >= 11 is 0. The lowest BCUT2D eigenvalue weighted by molar-refractivity contribution is -0.137. The number of fused-ring (bicyclic) bond motifs is 8. The number of ether oxygens (including phenoxy) is 2. The molecule has 14 nitrogen and oxygen atoms in total. The predicted molar refractivity (Wildman–Crippen MR) is 222 cm³/mol. The Labute approximate surface area is 349 Å². The van der Waals surface area contributed by atoms with Gasteiger partial charge in [0.1, 0.15) is 23.7 Å². The van der Waals surface area contributed by atoms with E-state index in [9.17, 15) is 19.2 Å². The Balaban J connectivity index is 0.877. The summed E-state index contributed by atoms with van der Waals surface area (Å²) in [7, 11) is 2.63. The highest BCUT2D eigenvalue weighted by atomic mass is 16.5. The number of methoxy groups -OCH3 is 2. The number of aryl methyl sites for hydroxylation is 4. The molecule has 0 bridgehead atoms. The number of hydrogen-bond donors (Lipinski definition) is 4. The number of benzene rings is 2. The van der Waals surface area contributed by atoms with Gasteiger partial charge >= 0.3 is 12.2 Å². The van der Waals surface area contributed by atoms with Crippen molar-refractivity contribution in [1.82, 2.24) is 40.4 Å². The van der Waals surface area contributed by atoms with Crippen LogP contribution in [0, 0.1) is 23.7 Å². The first-order valence-electron chi connectivity index (χ1n) is 21.7. The molecule has 2 aliphatic heterocycles. The first kappa shape index (κ1) is 38.5. The summed E-state index contributed by atoms with van der Waals surface area (Å²) in [6.07, 6.45) is 5.96. The standard InChI is InChI=1S/C46H54N8O6/c1-21(2)37(51-45(57)59-5)43(55)53-33-17-27(33)19-35(53)41-47-31-13-9-25-15-23(7-11-29(25)39(31)49-41)24-8-12-30-26(16-24)10-14-32-40(30)50-42(48-32)36-20-28-18-34(28)54(36)44(56)38(22(3)4)52-46(58)60-6/h7-8,11-12,15-16,21-22,27-28,33-38H,9-10,13-14,17-20H2,1-6H3,(H,47,49)(H,48,50)(H,51,57)(H,52,58)/t27-,28-,33-,34-,35+,36+,37+,38+/m1/s1. The van der Waals surface area contributed by atoms with Gasteiger partial charge in [-0.05, 0) is 97.3 Å². The third kappa shape index (κ3) is 6.44. The van der Waals surface area contributed by atoms with Crippen LogP contribution < -0.4 is 10.6 Å². The van der Waals surface area contributed by atoms with Crippen molar-refractivity contribution in [2.75, 3.05) is 14.2 Å². The number of carbonyl (C=O) groups is 4. The number of H-pyrrole nitrogens is 2. The molecule has 8 atom stereocenters. The number of nitrogens with one attached hydrogen (secondary N) is 4. The highest BCUT2D eigenvalue weighted by molar-refractivity contribution is 5.88. The number of aromatic nitrogens is 4. The molecule has 4 aromatic rings. The molecule has 4 N–H and O–H groups in total. The summed E-state index contributed by atoms with van der Waals surface area (Å²) < 4.78 is 9.68. The van der Waals surface area contributed by atoms with Crippen LogP contribution in [-0.2, 0) is 44.7 Å². The number of aromatic amines is 2. The van der Waals surface area contributed by atoms with E-state index in [0.29, 0.717) is 11.8 Å². The molecule has 60 heavy (non-hydrogen) atoms. The van der Waals surface area contributed by atoms with Gasteiger partial charge in [-0.3, -0.25) is 9.59 Å². The minimum absolute atomic E-state index is 0.0753. The van der Waals surface area contributed by atoms with Crippen molar-refractivity contribution in [3.8, 4) is 33.6 Å². The van der Waals surface area contributed by atoms with E-state index in [1.54, 1.807) is 0 Å². The van der Waals surface area contributed by atoms with Crippen molar-refractivity contribution in [2.45, 2.75) is 115 Å². The van der Waals surface area contributed by atoms with Crippen molar-refractivity contribution in [2.24, 2.45) is 23.7 Å². The van der Waals surface area contributed by atoms with Crippen molar-refractivity contribution in [3.05, 3.63) is 70.6 Å². The van der Waals surface area contributed by atoms with Crippen LogP contribution in [0.15, 0.2) is 36.4 Å². The summed E-state index contributed by atoms with van der Waals surface area (Å²) in [5.74, 6) is 2.24.